The van der Waals surface area contributed by atoms with Gasteiger partial charge in [0.2, 0.25) is 5.16 Å². The number of aliphatic hydroxyl groups is 1. The van der Waals surface area contributed by atoms with Gasteiger partial charge in [0.25, 0.3) is 0 Å². The Morgan fingerprint density at radius 1 is 1.33 bits per heavy atom. The van der Waals surface area contributed by atoms with Gasteiger partial charge in [-0.1, -0.05) is 32.0 Å². The normalized spacial score (nSPS) is 11.3. The number of hydrogen-bond acceptors (Lipinski definition) is 6. The molecule has 7 heteroatoms. The smallest absolute Gasteiger partial charge is 0.209 e. The van der Waals surface area contributed by atoms with Crippen molar-refractivity contribution in [1.82, 2.24) is 25.5 Å². The molecule has 0 unspecified atom stereocenters. The van der Waals surface area contributed by atoms with E-state index in [0.29, 0.717) is 6.04 Å². The number of nitrogens with one attached hydrogen (secondary N) is 1. The molecule has 0 bridgehead atoms. The molecular formula is C11H23N5OS. The van der Waals surface area contributed by atoms with Gasteiger partial charge in [-0.15, -0.1) is 5.10 Å². The number of aromatic nitrogens is 4. The Bertz CT molecular complexity index is 318. The topological polar surface area (TPSA) is 75.9 Å². The van der Waals surface area contributed by atoms with Crippen LogP contribution >= 0.6 is 11.8 Å². The SMILES string of the molecule is CC(C)NCCn1nnnc1SCCCCCO. The van der Waals surface area contributed by atoms with Crippen LogP contribution in [0, 0.1) is 0 Å². The monoisotopic (exact) mass is 273 g/mol. The third-order valence-electron chi connectivity index (χ3n) is 2.41. The van der Waals surface area contributed by atoms with E-state index in [9.17, 15) is 0 Å². The second kappa shape index (κ2) is 9.29. The molecule has 6 nitrogen and oxygen atoms in total. The van der Waals surface area contributed by atoms with Gasteiger partial charge in [0, 0.05) is 24.9 Å². The Morgan fingerprint density at radius 3 is 2.89 bits per heavy atom. The summed E-state index contributed by atoms with van der Waals surface area (Å²) in [6, 6.07) is 0.482. The molecule has 0 atom stereocenters. The lowest BCUT2D eigenvalue weighted by Crippen LogP contribution is -2.27. The standard InChI is InChI=1S/C11H23N5OS/c1-10(2)12-6-7-16-11(13-14-15-16)18-9-5-3-4-8-17/h10,12,17H,3-9H2,1-2H3. The molecule has 1 heterocycles. The zero-order valence-electron chi connectivity index (χ0n) is 11.2. The third-order valence-corrected chi connectivity index (χ3v) is 3.45. The number of tetrazole rings is 1. The van der Waals surface area contributed by atoms with Crippen molar-refractivity contribution in [2.45, 2.75) is 50.9 Å². The molecule has 0 aliphatic rings. The minimum absolute atomic E-state index is 0.281. The van der Waals surface area contributed by atoms with Gasteiger partial charge >= 0.3 is 0 Å². The highest BCUT2D eigenvalue weighted by Crippen LogP contribution is 2.15. The minimum atomic E-state index is 0.281. The predicted octanol–water partition coefficient (Wildman–Crippen LogP) is 0.926. The van der Waals surface area contributed by atoms with Crippen LogP contribution in [-0.2, 0) is 6.54 Å². The van der Waals surface area contributed by atoms with E-state index in [2.05, 4.69) is 34.7 Å². The summed E-state index contributed by atoms with van der Waals surface area (Å²) in [7, 11) is 0. The molecule has 2 N–H and O–H groups in total. The maximum absolute atomic E-state index is 8.69. The number of unbranched alkanes of at least 4 members (excludes halogenated alkanes) is 2. The van der Waals surface area contributed by atoms with Gasteiger partial charge in [-0.05, 0) is 23.3 Å². The summed E-state index contributed by atoms with van der Waals surface area (Å²) in [6.07, 6.45) is 3.02. The van der Waals surface area contributed by atoms with Gasteiger partial charge in [0.1, 0.15) is 0 Å². The average molecular weight is 273 g/mol. The fraction of sp³-hybridized carbons (Fsp3) is 0.909. The molecule has 0 amide bonds. The number of rotatable bonds is 10. The highest BCUT2D eigenvalue weighted by molar-refractivity contribution is 7.99. The molecule has 18 heavy (non-hydrogen) atoms. The summed E-state index contributed by atoms with van der Waals surface area (Å²) in [5.74, 6) is 0.998. The van der Waals surface area contributed by atoms with Crippen LogP contribution in [0.1, 0.15) is 33.1 Å². The highest BCUT2D eigenvalue weighted by atomic mass is 32.2. The summed E-state index contributed by atoms with van der Waals surface area (Å²) in [5.41, 5.74) is 0. The molecule has 0 fully saturated rings. The van der Waals surface area contributed by atoms with Crippen molar-refractivity contribution < 1.29 is 5.11 Å². The molecule has 0 aliphatic carbocycles. The van der Waals surface area contributed by atoms with Crippen LogP contribution in [0.5, 0.6) is 0 Å². The lowest BCUT2D eigenvalue weighted by Gasteiger charge is -2.08. The maximum Gasteiger partial charge on any atom is 0.209 e. The Labute approximate surface area is 113 Å². The van der Waals surface area contributed by atoms with Crippen molar-refractivity contribution in [3.05, 3.63) is 0 Å². The number of hydrogen-bond donors (Lipinski definition) is 2. The van der Waals surface area contributed by atoms with E-state index in [-0.39, 0.29) is 6.61 Å². The molecule has 0 radical (unpaired) electrons. The Hall–Kier alpha value is -0.660. The lowest BCUT2D eigenvalue weighted by molar-refractivity contribution is 0.284. The first-order valence-corrected chi connectivity index (χ1v) is 7.45. The first kappa shape index (κ1) is 15.4. The molecule has 104 valence electrons. The maximum atomic E-state index is 8.69. The molecule has 1 aromatic heterocycles. The summed E-state index contributed by atoms with van der Waals surface area (Å²) in [5, 5.41) is 24.6. The van der Waals surface area contributed by atoms with Crippen LogP contribution in [0.15, 0.2) is 5.16 Å². The molecular weight excluding hydrogens is 250 g/mol. The van der Waals surface area contributed by atoms with Crippen molar-refractivity contribution in [2.24, 2.45) is 0 Å². The number of nitrogens with zero attached hydrogens (tertiary/aromatic N) is 4. The van der Waals surface area contributed by atoms with E-state index in [1.54, 1.807) is 11.8 Å². The summed E-state index contributed by atoms with van der Waals surface area (Å²) < 4.78 is 1.84. The molecule has 0 aromatic carbocycles. The quantitative estimate of drug-likeness (QED) is 0.488. The molecule has 1 rings (SSSR count). The van der Waals surface area contributed by atoms with Gasteiger partial charge < -0.3 is 10.4 Å². The van der Waals surface area contributed by atoms with Crippen LogP contribution < -0.4 is 5.32 Å². The van der Waals surface area contributed by atoms with Crippen LogP contribution in [0.4, 0.5) is 0 Å². The van der Waals surface area contributed by atoms with Crippen LogP contribution in [0.25, 0.3) is 0 Å². The van der Waals surface area contributed by atoms with E-state index in [4.69, 9.17) is 5.11 Å². The van der Waals surface area contributed by atoms with Crippen LogP contribution in [0.2, 0.25) is 0 Å². The Balaban J connectivity index is 2.22. The van der Waals surface area contributed by atoms with Gasteiger partial charge in [-0.2, -0.15) is 0 Å². The van der Waals surface area contributed by atoms with E-state index >= 15 is 0 Å². The summed E-state index contributed by atoms with van der Waals surface area (Å²) >= 11 is 1.68. The molecule has 0 saturated carbocycles. The van der Waals surface area contributed by atoms with Crippen molar-refractivity contribution in [2.75, 3.05) is 18.9 Å². The van der Waals surface area contributed by atoms with Gasteiger partial charge in [-0.3, -0.25) is 0 Å². The van der Waals surface area contributed by atoms with Crippen molar-refractivity contribution in [3.63, 3.8) is 0 Å². The van der Waals surface area contributed by atoms with Gasteiger partial charge in [-0.25, -0.2) is 4.68 Å². The molecule has 0 spiro atoms. The molecule has 1 aromatic rings. The molecule has 0 saturated heterocycles. The van der Waals surface area contributed by atoms with Crippen molar-refractivity contribution in [3.8, 4) is 0 Å². The Kier molecular flexibility index (Phi) is 7.95. The number of thioether (sulfide) groups is 1. The molecule has 0 aliphatic heterocycles. The van der Waals surface area contributed by atoms with Crippen molar-refractivity contribution >= 4 is 11.8 Å². The predicted molar refractivity (Wildman–Crippen MR) is 72.6 cm³/mol. The largest absolute Gasteiger partial charge is 0.396 e. The zero-order valence-corrected chi connectivity index (χ0v) is 12.0. The summed E-state index contributed by atoms with van der Waals surface area (Å²) in [6.45, 7) is 6.20. The fourth-order valence-corrected chi connectivity index (χ4v) is 2.36. The first-order chi connectivity index (χ1) is 8.74. The summed E-state index contributed by atoms with van der Waals surface area (Å²) in [4.78, 5) is 0. The van der Waals surface area contributed by atoms with E-state index < -0.39 is 0 Å². The second-order valence-corrected chi connectivity index (χ2v) is 5.49. The van der Waals surface area contributed by atoms with Crippen LogP contribution in [0.3, 0.4) is 0 Å². The van der Waals surface area contributed by atoms with E-state index in [0.717, 1.165) is 43.3 Å². The van der Waals surface area contributed by atoms with E-state index in [1.807, 2.05) is 4.68 Å². The third kappa shape index (κ3) is 6.32. The van der Waals surface area contributed by atoms with Gasteiger partial charge in [0.05, 0.1) is 6.54 Å². The average Bonchev–Trinajstić information content (AvgIpc) is 2.76. The highest BCUT2D eigenvalue weighted by Gasteiger charge is 2.06. The zero-order chi connectivity index (χ0) is 13.2. The fourth-order valence-electron chi connectivity index (χ4n) is 1.45. The Morgan fingerprint density at radius 2 is 2.17 bits per heavy atom. The van der Waals surface area contributed by atoms with E-state index in [1.165, 1.54) is 0 Å². The van der Waals surface area contributed by atoms with Gasteiger partial charge in [0.15, 0.2) is 0 Å². The second-order valence-electron chi connectivity index (χ2n) is 4.43. The lowest BCUT2D eigenvalue weighted by atomic mass is 10.3. The van der Waals surface area contributed by atoms with Crippen LogP contribution in [-0.4, -0.2) is 50.3 Å². The first-order valence-electron chi connectivity index (χ1n) is 6.47. The minimum Gasteiger partial charge on any atom is -0.396 e. The number of aliphatic hydroxyl groups excluding tert-OH is 1. The van der Waals surface area contributed by atoms with Crippen molar-refractivity contribution in [1.29, 1.82) is 0 Å².